The molecule has 1 heterocycles. The molecule has 0 fully saturated rings. The normalized spacial score (nSPS) is 10.8. The van der Waals surface area contributed by atoms with E-state index in [-0.39, 0.29) is 16.3 Å². The predicted octanol–water partition coefficient (Wildman–Crippen LogP) is 5.91. The number of rotatable bonds is 4. The van der Waals surface area contributed by atoms with Crippen LogP contribution in [0.2, 0.25) is 5.02 Å². The number of nitro groups is 1. The van der Waals surface area contributed by atoms with Gasteiger partial charge < -0.3 is 9.73 Å². The monoisotopic (exact) mass is 519 g/mol. The third-order valence-corrected chi connectivity index (χ3v) is 5.19. The first kappa shape index (κ1) is 19.3. The van der Waals surface area contributed by atoms with Crippen molar-refractivity contribution in [3.05, 3.63) is 84.9 Å². The van der Waals surface area contributed by atoms with Gasteiger partial charge in [-0.3, -0.25) is 14.9 Å². The van der Waals surface area contributed by atoms with E-state index < -0.39 is 10.8 Å². The Morgan fingerprint density at radius 1 is 1.10 bits per heavy atom. The molecular weight excluding hydrogens is 509 g/mol. The van der Waals surface area contributed by atoms with Crippen molar-refractivity contribution in [3.8, 4) is 11.5 Å². The van der Waals surface area contributed by atoms with Crippen molar-refractivity contribution >= 4 is 62.6 Å². The van der Waals surface area contributed by atoms with Crippen LogP contribution in [0, 0.1) is 13.7 Å². The van der Waals surface area contributed by atoms with Crippen LogP contribution in [0.4, 0.5) is 11.4 Å². The molecule has 4 rings (SSSR count). The minimum Gasteiger partial charge on any atom is -0.436 e. The largest absolute Gasteiger partial charge is 0.436 e. The highest BCUT2D eigenvalue weighted by Gasteiger charge is 2.17. The number of nitrogens with zero attached hydrogens (tertiary/aromatic N) is 2. The number of nitrogens with one attached hydrogen (secondary N) is 1. The van der Waals surface area contributed by atoms with Crippen LogP contribution in [0.15, 0.2) is 65.1 Å². The molecule has 9 heteroatoms. The maximum Gasteiger partial charge on any atom is 0.270 e. The maximum atomic E-state index is 12.5. The molecule has 1 amide bonds. The standard InChI is InChI=1S/C20H11ClIN3O4/c21-16-7-6-14(25(27)28)10-15(16)19(26)23-13-5-8-18-17(9-13)24-20(29-18)11-1-3-12(22)4-2-11/h1-10H,(H,23,26). The van der Waals surface area contributed by atoms with E-state index in [0.717, 1.165) is 15.2 Å². The second-order valence-corrected chi connectivity index (χ2v) is 7.74. The van der Waals surface area contributed by atoms with Gasteiger partial charge in [0.05, 0.1) is 15.5 Å². The number of nitro benzene ring substituents is 1. The van der Waals surface area contributed by atoms with Gasteiger partial charge in [-0.1, -0.05) is 11.6 Å². The van der Waals surface area contributed by atoms with Crippen molar-refractivity contribution < 1.29 is 14.1 Å². The van der Waals surface area contributed by atoms with Crippen molar-refractivity contribution in [1.82, 2.24) is 4.98 Å². The Balaban J connectivity index is 1.62. The molecule has 0 saturated heterocycles. The Morgan fingerprint density at radius 3 is 2.59 bits per heavy atom. The van der Waals surface area contributed by atoms with E-state index in [9.17, 15) is 14.9 Å². The molecule has 1 aromatic heterocycles. The summed E-state index contributed by atoms with van der Waals surface area (Å²) >= 11 is 8.25. The number of hydrogen-bond donors (Lipinski definition) is 1. The first-order valence-corrected chi connectivity index (χ1v) is 9.78. The third kappa shape index (κ3) is 4.08. The Labute approximate surface area is 183 Å². The number of carbonyl (C=O) groups excluding carboxylic acids is 1. The van der Waals surface area contributed by atoms with Gasteiger partial charge in [0.1, 0.15) is 5.52 Å². The average molecular weight is 520 g/mol. The summed E-state index contributed by atoms with van der Waals surface area (Å²) in [5.41, 5.74) is 2.25. The summed E-state index contributed by atoms with van der Waals surface area (Å²) < 4.78 is 6.88. The summed E-state index contributed by atoms with van der Waals surface area (Å²) in [5, 5.41) is 13.7. The second-order valence-electron chi connectivity index (χ2n) is 6.08. The molecule has 0 bridgehead atoms. The highest BCUT2D eigenvalue weighted by Crippen LogP contribution is 2.28. The predicted molar refractivity (Wildman–Crippen MR) is 118 cm³/mol. The second kappa shape index (κ2) is 7.80. The summed E-state index contributed by atoms with van der Waals surface area (Å²) in [6, 6.07) is 16.5. The summed E-state index contributed by atoms with van der Waals surface area (Å²) in [5.74, 6) is -0.0824. The van der Waals surface area contributed by atoms with Gasteiger partial charge in [0, 0.05) is 27.0 Å². The minimum atomic E-state index is -0.583. The van der Waals surface area contributed by atoms with Crippen molar-refractivity contribution in [3.63, 3.8) is 0 Å². The van der Waals surface area contributed by atoms with Crippen LogP contribution in [-0.4, -0.2) is 15.8 Å². The van der Waals surface area contributed by atoms with Gasteiger partial charge >= 0.3 is 0 Å². The smallest absolute Gasteiger partial charge is 0.270 e. The van der Waals surface area contributed by atoms with Crippen LogP contribution in [-0.2, 0) is 0 Å². The number of benzene rings is 3. The summed E-state index contributed by atoms with van der Waals surface area (Å²) in [6.07, 6.45) is 0. The van der Waals surface area contributed by atoms with E-state index in [0.29, 0.717) is 22.7 Å². The fraction of sp³-hybridized carbons (Fsp3) is 0. The number of aromatic nitrogens is 1. The van der Waals surface area contributed by atoms with E-state index >= 15 is 0 Å². The van der Waals surface area contributed by atoms with Gasteiger partial charge in [-0.25, -0.2) is 4.98 Å². The molecule has 0 atom stereocenters. The Kier molecular flexibility index (Phi) is 5.20. The van der Waals surface area contributed by atoms with Crippen LogP contribution in [0.5, 0.6) is 0 Å². The van der Waals surface area contributed by atoms with Crippen LogP contribution >= 0.6 is 34.2 Å². The molecule has 0 radical (unpaired) electrons. The van der Waals surface area contributed by atoms with E-state index in [1.165, 1.54) is 12.1 Å². The van der Waals surface area contributed by atoms with E-state index in [4.69, 9.17) is 16.0 Å². The molecule has 1 N–H and O–H groups in total. The zero-order chi connectivity index (χ0) is 20.5. The number of oxazole rings is 1. The van der Waals surface area contributed by atoms with Gasteiger partial charge in [0.15, 0.2) is 5.58 Å². The Bertz CT molecular complexity index is 1250. The third-order valence-electron chi connectivity index (χ3n) is 4.14. The van der Waals surface area contributed by atoms with Gasteiger partial charge in [-0.05, 0) is 71.1 Å². The lowest BCUT2D eigenvalue weighted by atomic mass is 10.2. The maximum absolute atomic E-state index is 12.5. The first-order chi connectivity index (χ1) is 13.9. The Hall–Kier alpha value is -2.98. The van der Waals surface area contributed by atoms with Crippen LogP contribution in [0.3, 0.4) is 0 Å². The zero-order valence-corrected chi connectivity index (χ0v) is 17.5. The quantitative estimate of drug-likeness (QED) is 0.205. The SMILES string of the molecule is O=C(Nc1ccc2oc(-c3ccc(I)cc3)nc2c1)c1cc([N+](=O)[O-])ccc1Cl. The zero-order valence-electron chi connectivity index (χ0n) is 14.6. The summed E-state index contributed by atoms with van der Waals surface area (Å²) in [6.45, 7) is 0. The van der Waals surface area contributed by atoms with Crippen molar-refractivity contribution in [2.24, 2.45) is 0 Å². The number of fused-ring (bicyclic) bond motifs is 1. The van der Waals surface area contributed by atoms with E-state index in [1.807, 2.05) is 24.3 Å². The van der Waals surface area contributed by atoms with E-state index in [1.54, 1.807) is 18.2 Å². The fourth-order valence-corrected chi connectivity index (χ4v) is 3.28. The number of amides is 1. The van der Waals surface area contributed by atoms with Gasteiger partial charge in [-0.2, -0.15) is 0 Å². The fourth-order valence-electron chi connectivity index (χ4n) is 2.72. The lowest BCUT2D eigenvalue weighted by Gasteiger charge is -2.06. The molecule has 144 valence electrons. The van der Waals surface area contributed by atoms with Crippen molar-refractivity contribution in [2.45, 2.75) is 0 Å². The minimum absolute atomic E-state index is 0.0145. The number of non-ortho nitro benzene ring substituents is 1. The van der Waals surface area contributed by atoms with Gasteiger partial charge in [0.25, 0.3) is 11.6 Å². The van der Waals surface area contributed by atoms with Crippen LogP contribution < -0.4 is 5.32 Å². The first-order valence-electron chi connectivity index (χ1n) is 8.32. The van der Waals surface area contributed by atoms with E-state index in [2.05, 4.69) is 32.9 Å². The highest BCUT2D eigenvalue weighted by atomic mass is 127. The Morgan fingerprint density at radius 2 is 1.86 bits per heavy atom. The lowest BCUT2D eigenvalue weighted by Crippen LogP contribution is -2.12. The average Bonchev–Trinajstić information content (AvgIpc) is 3.12. The molecule has 0 saturated carbocycles. The molecule has 0 unspecified atom stereocenters. The number of halogens is 2. The molecular formula is C20H11ClIN3O4. The van der Waals surface area contributed by atoms with Crippen LogP contribution in [0.25, 0.3) is 22.6 Å². The van der Waals surface area contributed by atoms with Crippen molar-refractivity contribution in [1.29, 1.82) is 0 Å². The molecule has 0 aliphatic heterocycles. The number of hydrogen-bond acceptors (Lipinski definition) is 5. The summed E-state index contributed by atoms with van der Waals surface area (Å²) in [4.78, 5) is 27.4. The molecule has 29 heavy (non-hydrogen) atoms. The molecule has 0 aliphatic carbocycles. The molecule has 3 aromatic carbocycles. The molecule has 7 nitrogen and oxygen atoms in total. The van der Waals surface area contributed by atoms with Crippen molar-refractivity contribution in [2.75, 3.05) is 5.32 Å². The van der Waals surface area contributed by atoms with Crippen LogP contribution in [0.1, 0.15) is 10.4 Å². The number of carbonyl (C=O) groups is 1. The topological polar surface area (TPSA) is 98.3 Å². The summed E-state index contributed by atoms with van der Waals surface area (Å²) in [7, 11) is 0. The molecule has 0 aliphatic rings. The molecule has 4 aromatic rings. The molecule has 0 spiro atoms. The van der Waals surface area contributed by atoms with Gasteiger partial charge in [0.2, 0.25) is 5.89 Å². The highest BCUT2D eigenvalue weighted by molar-refractivity contribution is 14.1. The number of anilines is 1. The lowest BCUT2D eigenvalue weighted by molar-refractivity contribution is -0.384. The van der Waals surface area contributed by atoms with Gasteiger partial charge in [-0.15, -0.1) is 0 Å².